The fourth-order valence-electron chi connectivity index (χ4n) is 2.17. The standard InChI is InChI=1S/C12H22N4OS/c1-4-13-11(10-5-6-17-7-10)8-18-12-15-14-9(2)16(12)3/h10-11,13H,4-8H2,1-3H3. The lowest BCUT2D eigenvalue weighted by Gasteiger charge is -2.22. The molecule has 2 rings (SSSR count). The molecule has 6 heteroatoms. The van der Waals surface area contributed by atoms with E-state index in [9.17, 15) is 0 Å². The molecular formula is C12H22N4OS. The number of aromatic nitrogens is 3. The Morgan fingerprint density at radius 3 is 2.94 bits per heavy atom. The van der Waals surface area contributed by atoms with Crippen molar-refractivity contribution in [1.29, 1.82) is 0 Å². The molecule has 0 aromatic carbocycles. The number of aryl methyl sites for hydroxylation is 1. The van der Waals surface area contributed by atoms with Crippen molar-refractivity contribution < 1.29 is 4.74 Å². The molecule has 0 spiro atoms. The van der Waals surface area contributed by atoms with Crippen molar-refractivity contribution in [3.63, 3.8) is 0 Å². The summed E-state index contributed by atoms with van der Waals surface area (Å²) in [5, 5.41) is 12.8. The fourth-order valence-corrected chi connectivity index (χ4v) is 3.31. The summed E-state index contributed by atoms with van der Waals surface area (Å²) in [5.41, 5.74) is 0. The number of thioether (sulfide) groups is 1. The number of rotatable bonds is 6. The molecule has 5 nitrogen and oxygen atoms in total. The van der Waals surface area contributed by atoms with Gasteiger partial charge in [0, 0.05) is 31.4 Å². The summed E-state index contributed by atoms with van der Waals surface area (Å²) in [4.78, 5) is 0. The molecule has 0 bridgehead atoms. The van der Waals surface area contributed by atoms with Gasteiger partial charge in [-0.15, -0.1) is 10.2 Å². The van der Waals surface area contributed by atoms with Crippen LogP contribution < -0.4 is 5.32 Å². The average molecular weight is 270 g/mol. The summed E-state index contributed by atoms with van der Waals surface area (Å²) in [6.07, 6.45) is 1.16. The lowest BCUT2D eigenvalue weighted by molar-refractivity contribution is 0.179. The number of nitrogens with one attached hydrogen (secondary N) is 1. The molecule has 1 saturated heterocycles. The van der Waals surface area contributed by atoms with Gasteiger partial charge in [0.05, 0.1) is 6.61 Å². The molecular weight excluding hydrogens is 248 g/mol. The molecule has 0 saturated carbocycles. The molecule has 2 unspecified atom stereocenters. The first-order valence-electron chi connectivity index (χ1n) is 6.52. The lowest BCUT2D eigenvalue weighted by atomic mass is 10.0. The van der Waals surface area contributed by atoms with E-state index in [1.165, 1.54) is 0 Å². The number of ether oxygens (including phenoxy) is 1. The average Bonchev–Trinajstić information content (AvgIpc) is 2.98. The van der Waals surface area contributed by atoms with Crippen LogP contribution >= 0.6 is 11.8 Å². The van der Waals surface area contributed by atoms with Crippen molar-refractivity contribution >= 4 is 11.8 Å². The van der Waals surface area contributed by atoms with Crippen LogP contribution in [0.4, 0.5) is 0 Å². The summed E-state index contributed by atoms with van der Waals surface area (Å²) in [6, 6.07) is 0.500. The molecule has 2 atom stereocenters. The second kappa shape index (κ2) is 6.54. The van der Waals surface area contributed by atoms with Crippen LogP contribution in [-0.4, -0.2) is 46.3 Å². The van der Waals surface area contributed by atoms with Crippen LogP contribution in [0.25, 0.3) is 0 Å². The lowest BCUT2D eigenvalue weighted by Crippen LogP contribution is -2.38. The maximum absolute atomic E-state index is 5.48. The fraction of sp³-hybridized carbons (Fsp3) is 0.833. The normalized spacial score (nSPS) is 21.4. The molecule has 2 heterocycles. The van der Waals surface area contributed by atoms with Crippen LogP contribution in [0.15, 0.2) is 5.16 Å². The summed E-state index contributed by atoms with van der Waals surface area (Å²) >= 11 is 1.77. The Bertz CT molecular complexity index is 376. The third-order valence-corrected chi connectivity index (χ3v) is 4.58. The highest BCUT2D eigenvalue weighted by atomic mass is 32.2. The highest BCUT2D eigenvalue weighted by molar-refractivity contribution is 7.99. The first-order valence-corrected chi connectivity index (χ1v) is 7.50. The smallest absolute Gasteiger partial charge is 0.190 e. The van der Waals surface area contributed by atoms with Gasteiger partial charge in [0.15, 0.2) is 5.16 Å². The van der Waals surface area contributed by atoms with Crippen molar-refractivity contribution in [2.75, 3.05) is 25.5 Å². The van der Waals surface area contributed by atoms with Gasteiger partial charge in [0.1, 0.15) is 5.82 Å². The molecule has 1 aromatic heterocycles. The van der Waals surface area contributed by atoms with Crippen LogP contribution in [0.5, 0.6) is 0 Å². The summed E-state index contributed by atoms with van der Waals surface area (Å²) in [5.74, 6) is 2.61. The molecule has 18 heavy (non-hydrogen) atoms. The summed E-state index contributed by atoms with van der Waals surface area (Å²) in [6.45, 7) is 6.92. The SMILES string of the molecule is CCNC(CSc1nnc(C)n1C)C1CCOC1. The van der Waals surface area contributed by atoms with E-state index in [-0.39, 0.29) is 0 Å². The van der Waals surface area contributed by atoms with Gasteiger partial charge in [-0.2, -0.15) is 0 Å². The van der Waals surface area contributed by atoms with E-state index in [1.807, 2.05) is 18.5 Å². The van der Waals surface area contributed by atoms with Crippen molar-refractivity contribution in [3.8, 4) is 0 Å². The zero-order chi connectivity index (χ0) is 13.0. The zero-order valence-corrected chi connectivity index (χ0v) is 12.2. The van der Waals surface area contributed by atoms with E-state index in [0.29, 0.717) is 12.0 Å². The first-order chi connectivity index (χ1) is 8.72. The van der Waals surface area contributed by atoms with E-state index in [4.69, 9.17) is 4.74 Å². The summed E-state index contributed by atoms with van der Waals surface area (Å²) < 4.78 is 7.52. The van der Waals surface area contributed by atoms with E-state index >= 15 is 0 Å². The predicted octanol–water partition coefficient (Wildman–Crippen LogP) is 1.23. The molecule has 1 N–H and O–H groups in total. The Hall–Kier alpha value is -0.590. The first kappa shape index (κ1) is 13.8. The van der Waals surface area contributed by atoms with Crippen molar-refractivity contribution in [2.45, 2.75) is 31.5 Å². The Balaban J connectivity index is 1.90. The Labute approximate surface area is 113 Å². The molecule has 1 aliphatic heterocycles. The molecule has 0 aliphatic carbocycles. The maximum Gasteiger partial charge on any atom is 0.190 e. The molecule has 1 fully saturated rings. The topological polar surface area (TPSA) is 52.0 Å². The molecule has 102 valence electrons. The van der Waals surface area contributed by atoms with Gasteiger partial charge in [0.2, 0.25) is 0 Å². The van der Waals surface area contributed by atoms with Crippen molar-refractivity contribution in [2.24, 2.45) is 13.0 Å². The highest BCUT2D eigenvalue weighted by Gasteiger charge is 2.25. The molecule has 1 aromatic rings. The molecule has 0 amide bonds. The van der Waals surface area contributed by atoms with Crippen molar-refractivity contribution in [1.82, 2.24) is 20.1 Å². The van der Waals surface area contributed by atoms with Crippen LogP contribution in [-0.2, 0) is 11.8 Å². The Morgan fingerprint density at radius 1 is 1.56 bits per heavy atom. The van der Waals surface area contributed by atoms with Gasteiger partial charge < -0.3 is 14.6 Å². The van der Waals surface area contributed by atoms with Crippen molar-refractivity contribution in [3.05, 3.63) is 5.82 Å². The van der Waals surface area contributed by atoms with Gasteiger partial charge in [-0.05, 0) is 19.9 Å². The number of nitrogens with zero attached hydrogens (tertiary/aromatic N) is 3. The Morgan fingerprint density at radius 2 is 2.39 bits per heavy atom. The maximum atomic E-state index is 5.48. The minimum absolute atomic E-state index is 0.500. The number of hydrogen-bond donors (Lipinski definition) is 1. The highest BCUT2D eigenvalue weighted by Crippen LogP contribution is 2.23. The summed E-state index contributed by atoms with van der Waals surface area (Å²) in [7, 11) is 2.01. The Kier molecular flexibility index (Phi) is 5.03. The minimum atomic E-state index is 0.500. The minimum Gasteiger partial charge on any atom is -0.381 e. The van der Waals surface area contributed by atoms with E-state index < -0.39 is 0 Å². The van der Waals surface area contributed by atoms with Gasteiger partial charge in [-0.25, -0.2) is 0 Å². The van der Waals surface area contributed by atoms with E-state index in [2.05, 4.69) is 22.4 Å². The third-order valence-electron chi connectivity index (χ3n) is 3.44. The van der Waals surface area contributed by atoms with Gasteiger partial charge in [0.25, 0.3) is 0 Å². The largest absolute Gasteiger partial charge is 0.381 e. The quantitative estimate of drug-likeness (QED) is 0.788. The van der Waals surface area contributed by atoms with E-state index in [0.717, 1.165) is 42.9 Å². The predicted molar refractivity (Wildman–Crippen MR) is 72.9 cm³/mol. The third kappa shape index (κ3) is 3.24. The number of hydrogen-bond acceptors (Lipinski definition) is 5. The van der Waals surface area contributed by atoms with Crippen LogP contribution in [0.1, 0.15) is 19.2 Å². The van der Waals surface area contributed by atoms with Crippen LogP contribution in [0.2, 0.25) is 0 Å². The molecule has 0 radical (unpaired) electrons. The van der Waals surface area contributed by atoms with Gasteiger partial charge in [-0.1, -0.05) is 18.7 Å². The van der Waals surface area contributed by atoms with Gasteiger partial charge >= 0.3 is 0 Å². The monoisotopic (exact) mass is 270 g/mol. The molecule has 1 aliphatic rings. The van der Waals surface area contributed by atoms with Crippen LogP contribution in [0, 0.1) is 12.8 Å². The van der Waals surface area contributed by atoms with Gasteiger partial charge in [-0.3, -0.25) is 0 Å². The zero-order valence-electron chi connectivity index (χ0n) is 11.3. The van der Waals surface area contributed by atoms with Crippen LogP contribution in [0.3, 0.4) is 0 Å². The second-order valence-electron chi connectivity index (χ2n) is 4.69. The second-order valence-corrected chi connectivity index (χ2v) is 5.67. The van der Waals surface area contributed by atoms with E-state index in [1.54, 1.807) is 11.8 Å².